The van der Waals surface area contributed by atoms with Crippen LogP contribution in [0.5, 0.6) is 0 Å². The quantitative estimate of drug-likeness (QED) is 0.759. The number of anilines is 1. The number of hydrogen-bond acceptors (Lipinski definition) is 4. The number of carbonyl (C=O) groups is 1. The summed E-state index contributed by atoms with van der Waals surface area (Å²) in [5.41, 5.74) is 0.861. The van der Waals surface area contributed by atoms with E-state index in [9.17, 15) is 4.79 Å². The molecule has 0 aliphatic carbocycles. The summed E-state index contributed by atoms with van der Waals surface area (Å²) in [4.78, 5) is 13.5. The number of nitrogens with one attached hydrogen (secondary N) is 1. The third-order valence-corrected chi connectivity index (χ3v) is 2.68. The number of aromatic nitrogens is 2. The lowest BCUT2D eigenvalue weighted by atomic mass is 10.3. The number of amides is 1. The lowest BCUT2D eigenvalue weighted by Gasteiger charge is -2.21. The summed E-state index contributed by atoms with van der Waals surface area (Å²) in [6.07, 6.45) is 0. The Morgan fingerprint density at radius 3 is 2.82 bits per heavy atom. The van der Waals surface area contributed by atoms with Crippen molar-refractivity contribution in [3.63, 3.8) is 0 Å². The monoisotopic (exact) mass is 240 g/mol. The van der Waals surface area contributed by atoms with Crippen molar-refractivity contribution in [3.8, 4) is 0 Å². The number of aryl methyl sites for hydroxylation is 2. The normalized spacial score (nSPS) is 12.8. The van der Waals surface area contributed by atoms with Crippen LogP contribution < -0.4 is 5.32 Å². The van der Waals surface area contributed by atoms with Gasteiger partial charge in [-0.1, -0.05) is 0 Å². The Morgan fingerprint density at radius 2 is 2.35 bits per heavy atom. The molecule has 0 radical (unpaired) electrons. The third kappa shape index (κ3) is 3.83. The fourth-order valence-corrected chi connectivity index (χ4v) is 1.43. The van der Waals surface area contributed by atoms with Gasteiger partial charge in [0.05, 0.1) is 18.8 Å². The fourth-order valence-electron chi connectivity index (χ4n) is 1.43. The molecule has 1 heterocycles. The topological polar surface area (TPSA) is 70.4 Å². The second kappa shape index (κ2) is 5.79. The van der Waals surface area contributed by atoms with Crippen LogP contribution in [0.25, 0.3) is 0 Å². The van der Waals surface area contributed by atoms with Crippen molar-refractivity contribution in [1.29, 1.82) is 0 Å². The van der Waals surface area contributed by atoms with Crippen LogP contribution in [-0.4, -0.2) is 51.9 Å². The largest absolute Gasteiger partial charge is 0.395 e. The lowest BCUT2D eigenvalue weighted by molar-refractivity contribution is -0.117. The Morgan fingerprint density at radius 1 is 1.71 bits per heavy atom. The molecule has 6 heteroatoms. The number of rotatable bonds is 5. The molecule has 1 amide bonds. The summed E-state index contributed by atoms with van der Waals surface area (Å²) < 4.78 is 1.63. The van der Waals surface area contributed by atoms with Crippen LogP contribution in [0.4, 0.5) is 5.82 Å². The Labute approximate surface area is 101 Å². The first kappa shape index (κ1) is 13.7. The summed E-state index contributed by atoms with van der Waals surface area (Å²) >= 11 is 0. The number of likely N-dealkylation sites (N-methyl/N-ethyl adjacent to an activating group) is 1. The van der Waals surface area contributed by atoms with Crippen LogP contribution in [0.2, 0.25) is 0 Å². The van der Waals surface area contributed by atoms with Crippen LogP contribution in [0.3, 0.4) is 0 Å². The molecular formula is C11H20N4O2. The molecule has 1 aromatic heterocycles. The SMILES string of the molecule is Cc1cc(NC(=O)CN(C)C(C)CO)n(C)n1. The summed E-state index contributed by atoms with van der Waals surface area (Å²) in [7, 11) is 3.58. The highest BCUT2D eigenvalue weighted by molar-refractivity contribution is 5.91. The molecule has 0 fully saturated rings. The van der Waals surface area contributed by atoms with E-state index in [0.717, 1.165) is 5.69 Å². The van der Waals surface area contributed by atoms with Gasteiger partial charge in [0.15, 0.2) is 0 Å². The fraction of sp³-hybridized carbons (Fsp3) is 0.636. The Balaban J connectivity index is 2.53. The van der Waals surface area contributed by atoms with Crippen LogP contribution in [0.1, 0.15) is 12.6 Å². The second-order valence-corrected chi connectivity index (χ2v) is 4.29. The Kier molecular flexibility index (Phi) is 4.65. The average Bonchev–Trinajstić information content (AvgIpc) is 2.55. The maximum Gasteiger partial charge on any atom is 0.239 e. The van der Waals surface area contributed by atoms with Crippen LogP contribution in [0.15, 0.2) is 6.07 Å². The molecule has 0 saturated carbocycles. The molecule has 1 aromatic rings. The minimum Gasteiger partial charge on any atom is -0.395 e. The summed E-state index contributed by atoms with van der Waals surface area (Å²) in [5, 5.41) is 15.9. The standard InChI is InChI=1S/C11H20N4O2/c1-8-5-10(15(4)13-8)12-11(17)6-14(3)9(2)7-16/h5,9,16H,6-7H2,1-4H3,(H,12,17). The zero-order valence-electron chi connectivity index (χ0n) is 10.8. The van der Waals surface area contributed by atoms with Crippen molar-refractivity contribution in [2.24, 2.45) is 7.05 Å². The Hall–Kier alpha value is -1.40. The Bertz CT molecular complexity index is 389. The zero-order valence-corrected chi connectivity index (χ0v) is 10.8. The molecule has 1 atom stereocenters. The van der Waals surface area contributed by atoms with Gasteiger partial charge in [0.2, 0.25) is 5.91 Å². The minimum absolute atomic E-state index is 0.0333. The molecule has 0 saturated heterocycles. The first-order valence-electron chi connectivity index (χ1n) is 5.55. The third-order valence-electron chi connectivity index (χ3n) is 2.68. The van der Waals surface area contributed by atoms with E-state index in [1.165, 1.54) is 0 Å². The van der Waals surface area contributed by atoms with E-state index in [1.807, 2.05) is 19.9 Å². The van der Waals surface area contributed by atoms with Crippen molar-refractivity contribution >= 4 is 11.7 Å². The minimum atomic E-state index is -0.115. The van der Waals surface area contributed by atoms with Crippen LogP contribution in [-0.2, 0) is 11.8 Å². The smallest absolute Gasteiger partial charge is 0.239 e. The van der Waals surface area contributed by atoms with Crippen molar-refractivity contribution in [3.05, 3.63) is 11.8 Å². The highest BCUT2D eigenvalue weighted by atomic mass is 16.3. The predicted octanol–water partition coefficient (Wildman–Crippen LogP) is -0.0204. The summed E-state index contributed by atoms with van der Waals surface area (Å²) in [6.45, 7) is 4.01. The zero-order chi connectivity index (χ0) is 13.0. The van der Waals surface area contributed by atoms with Gasteiger partial charge in [-0.2, -0.15) is 5.10 Å². The molecule has 0 aromatic carbocycles. The molecule has 0 aliphatic heterocycles. The molecule has 2 N–H and O–H groups in total. The first-order chi connectivity index (χ1) is 7.93. The predicted molar refractivity (Wildman–Crippen MR) is 65.8 cm³/mol. The molecule has 6 nitrogen and oxygen atoms in total. The van der Waals surface area contributed by atoms with Gasteiger partial charge in [0.25, 0.3) is 0 Å². The van der Waals surface area contributed by atoms with Gasteiger partial charge in [-0.3, -0.25) is 14.4 Å². The van der Waals surface area contributed by atoms with E-state index in [0.29, 0.717) is 5.82 Å². The van der Waals surface area contributed by atoms with Gasteiger partial charge in [0, 0.05) is 19.2 Å². The molecule has 0 spiro atoms. The van der Waals surface area contributed by atoms with Crippen LogP contribution in [0, 0.1) is 6.92 Å². The molecule has 96 valence electrons. The van der Waals surface area contributed by atoms with Gasteiger partial charge in [-0.15, -0.1) is 0 Å². The van der Waals surface area contributed by atoms with Crippen molar-refractivity contribution < 1.29 is 9.90 Å². The molecule has 0 aliphatic rings. The molecule has 0 bridgehead atoms. The van der Waals surface area contributed by atoms with Crippen molar-refractivity contribution in [2.75, 3.05) is 25.5 Å². The van der Waals surface area contributed by atoms with Crippen molar-refractivity contribution in [1.82, 2.24) is 14.7 Å². The van der Waals surface area contributed by atoms with Gasteiger partial charge >= 0.3 is 0 Å². The van der Waals surface area contributed by atoms with E-state index in [1.54, 1.807) is 23.7 Å². The van der Waals surface area contributed by atoms with E-state index >= 15 is 0 Å². The van der Waals surface area contributed by atoms with E-state index in [2.05, 4.69) is 10.4 Å². The molecular weight excluding hydrogens is 220 g/mol. The number of hydrogen-bond donors (Lipinski definition) is 2. The van der Waals surface area contributed by atoms with Gasteiger partial charge in [0.1, 0.15) is 5.82 Å². The highest BCUT2D eigenvalue weighted by Gasteiger charge is 2.13. The number of aliphatic hydroxyl groups excluding tert-OH is 1. The summed E-state index contributed by atoms with van der Waals surface area (Å²) in [5.74, 6) is 0.563. The highest BCUT2D eigenvalue weighted by Crippen LogP contribution is 2.07. The van der Waals surface area contributed by atoms with E-state index in [-0.39, 0.29) is 25.1 Å². The number of aliphatic hydroxyl groups is 1. The maximum atomic E-state index is 11.7. The molecule has 1 rings (SSSR count). The number of nitrogens with zero attached hydrogens (tertiary/aromatic N) is 3. The van der Waals surface area contributed by atoms with Crippen molar-refractivity contribution in [2.45, 2.75) is 19.9 Å². The molecule has 17 heavy (non-hydrogen) atoms. The first-order valence-corrected chi connectivity index (χ1v) is 5.55. The van der Waals surface area contributed by atoms with E-state index in [4.69, 9.17) is 5.11 Å². The average molecular weight is 240 g/mol. The lowest BCUT2D eigenvalue weighted by Crippen LogP contribution is -2.38. The number of carbonyl (C=O) groups excluding carboxylic acids is 1. The van der Waals surface area contributed by atoms with Gasteiger partial charge in [-0.05, 0) is 20.9 Å². The van der Waals surface area contributed by atoms with Crippen LogP contribution >= 0.6 is 0 Å². The summed E-state index contributed by atoms with van der Waals surface area (Å²) in [6, 6.07) is 1.78. The van der Waals surface area contributed by atoms with Gasteiger partial charge in [-0.25, -0.2) is 0 Å². The maximum absolute atomic E-state index is 11.7. The van der Waals surface area contributed by atoms with E-state index < -0.39 is 0 Å². The second-order valence-electron chi connectivity index (χ2n) is 4.29. The van der Waals surface area contributed by atoms with Gasteiger partial charge < -0.3 is 10.4 Å². The molecule has 1 unspecified atom stereocenters.